The molecular formula is C22H37Cl2N3O. The summed E-state index contributed by atoms with van der Waals surface area (Å²) in [6.45, 7) is 11.2. The van der Waals surface area contributed by atoms with Crippen LogP contribution in [0.2, 0.25) is 0 Å². The third kappa shape index (κ3) is 8.02. The van der Waals surface area contributed by atoms with E-state index in [9.17, 15) is 0 Å². The molecule has 0 aliphatic carbocycles. The summed E-state index contributed by atoms with van der Waals surface area (Å²) in [5.74, 6) is 0.882. The predicted octanol–water partition coefficient (Wildman–Crippen LogP) is 6.10. The number of methoxy groups -OCH3 is 1. The molecule has 2 rings (SSSR count). The van der Waals surface area contributed by atoms with Crippen molar-refractivity contribution in [3.63, 3.8) is 0 Å². The van der Waals surface area contributed by atoms with E-state index in [1.54, 1.807) is 7.11 Å². The minimum absolute atomic E-state index is 0. The number of fused-ring (bicyclic) bond motifs is 1. The molecule has 1 N–H and O–H groups in total. The summed E-state index contributed by atoms with van der Waals surface area (Å²) in [5, 5.41) is 4.72. The lowest BCUT2D eigenvalue weighted by Gasteiger charge is -2.17. The molecule has 0 radical (unpaired) electrons. The summed E-state index contributed by atoms with van der Waals surface area (Å²) in [6, 6.07) is 6.17. The number of anilines is 1. The molecule has 28 heavy (non-hydrogen) atoms. The first kappa shape index (κ1) is 26.8. The Morgan fingerprint density at radius 1 is 1.00 bits per heavy atom. The number of ether oxygens (including phenoxy) is 1. The smallest absolute Gasteiger partial charge is 0.121 e. The highest BCUT2D eigenvalue weighted by molar-refractivity contribution is 5.93. The van der Waals surface area contributed by atoms with E-state index in [0.29, 0.717) is 0 Å². The SMILES string of the molecule is CCN(CC)CCCCCCCNc1cc(OC)cc2c(C)ccnc12.Cl.Cl. The molecule has 1 aromatic heterocycles. The van der Waals surface area contributed by atoms with Gasteiger partial charge in [0.2, 0.25) is 0 Å². The molecule has 160 valence electrons. The van der Waals surface area contributed by atoms with Gasteiger partial charge in [-0.1, -0.05) is 33.1 Å². The second-order valence-electron chi connectivity index (χ2n) is 6.92. The molecule has 0 unspecified atom stereocenters. The molecule has 0 bridgehead atoms. The summed E-state index contributed by atoms with van der Waals surface area (Å²) in [6.07, 6.45) is 8.32. The van der Waals surface area contributed by atoms with Crippen LogP contribution in [-0.4, -0.2) is 43.2 Å². The first-order chi connectivity index (χ1) is 12.7. The lowest BCUT2D eigenvalue weighted by atomic mass is 10.1. The average molecular weight is 430 g/mol. The number of aryl methyl sites for hydroxylation is 1. The zero-order valence-electron chi connectivity index (χ0n) is 17.8. The van der Waals surface area contributed by atoms with E-state index in [1.807, 2.05) is 12.3 Å². The first-order valence-corrected chi connectivity index (χ1v) is 10.1. The van der Waals surface area contributed by atoms with Gasteiger partial charge in [0.15, 0.2) is 0 Å². The van der Waals surface area contributed by atoms with Gasteiger partial charge in [-0.2, -0.15) is 0 Å². The summed E-state index contributed by atoms with van der Waals surface area (Å²) in [4.78, 5) is 7.07. The molecule has 0 spiro atoms. The highest BCUT2D eigenvalue weighted by Gasteiger charge is 2.07. The summed E-state index contributed by atoms with van der Waals surface area (Å²) < 4.78 is 5.46. The van der Waals surface area contributed by atoms with Crippen LogP contribution in [0.25, 0.3) is 10.9 Å². The van der Waals surface area contributed by atoms with Gasteiger partial charge >= 0.3 is 0 Å². The van der Waals surface area contributed by atoms with Gasteiger partial charge in [-0.25, -0.2) is 0 Å². The molecule has 1 heterocycles. The number of benzene rings is 1. The lowest BCUT2D eigenvalue weighted by molar-refractivity contribution is 0.295. The number of hydrogen-bond acceptors (Lipinski definition) is 4. The van der Waals surface area contributed by atoms with Crippen molar-refractivity contribution in [2.45, 2.75) is 52.9 Å². The highest BCUT2D eigenvalue weighted by Crippen LogP contribution is 2.29. The Balaban J connectivity index is 0.00000364. The Labute approximate surface area is 183 Å². The van der Waals surface area contributed by atoms with Gasteiger partial charge in [0.05, 0.1) is 18.3 Å². The van der Waals surface area contributed by atoms with Crippen molar-refractivity contribution in [3.8, 4) is 5.75 Å². The average Bonchev–Trinajstić information content (AvgIpc) is 2.67. The van der Waals surface area contributed by atoms with Gasteiger partial charge in [0.25, 0.3) is 0 Å². The molecule has 4 nitrogen and oxygen atoms in total. The second kappa shape index (κ2) is 14.7. The lowest BCUT2D eigenvalue weighted by Crippen LogP contribution is -2.23. The zero-order chi connectivity index (χ0) is 18.8. The van der Waals surface area contributed by atoms with Gasteiger partial charge in [0.1, 0.15) is 5.75 Å². The number of nitrogens with one attached hydrogen (secondary N) is 1. The van der Waals surface area contributed by atoms with Crippen LogP contribution in [0, 0.1) is 6.92 Å². The largest absolute Gasteiger partial charge is 0.497 e. The van der Waals surface area contributed by atoms with Crippen LogP contribution in [-0.2, 0) is 0 Å². The maximum absolute atomic E-state index is 5.46. The van der Waals surface area contributed by atoms with Crippen LogP contribution in [0.15, 0.2) is 24.4 Å². The molecule has 6 heteroatoms. The molecule has 0 atom stereocenters. The van der Waals surface area contributed by atoms with Crippen LogP contribution in [0.3, 0.4) is 0 Å². The fraction of sp³-hybridized carbons (Fsp3) is 0.591. The van der Waals surface area contributed by atoms with E-state index in [0.717, 1.165) is 28.9 Å². The number of halogens is 2. The van der Waals surface area contributed by atoms with Gasteiger partial charge in [-0.3, -0.25) is 4.98 Å². The minimum Gasteiger partial charge on any atom is -0.497 e. The standard InChI is InChI=1S/C22H35N3O.2ClH/c1-5-25(6-2)15-11-9-7-8-10-13-23-21-17-19(26-4)16-20-18(3)12-14-24-22(20)21;;/h12,14,16-17,23H,5-11,13,15H2,1-4H3;2*1H. The fourth-order valence-corrected chi connectivity index (χ4v) is 3.37. The highest BCUT2D eigenvalue weighted by atomic mass is 35.5. The van der Waals surface area contributed by atoms with Gasteiger partial charge in [-0.05, 0) is 57.1 Å². The van der Waals surface area contributed by atoms with Crippen molar-refractivity contribution < 1.29 is 4.74 Å². The van der Waals surface area contributed by atoms with E-state index in [1.165, 1.54) is 57.3 Å². The number of aromatic nitrogens is 1. The van der Waals surface area contributed by atoms with Crippen molar-refractivity contribution in [1.29, 1.82) is 0 Å². The summed E-state index contributed by atoms with van der Waals surface area (Å²) in [5.41, 5.74) is 3.33. The number of nitrogens with zero attached hydrogens (tertiary/aromatic N) is 2. The zero-order valence-corrected chi connectivity index (χ0v) is 19.4. The third-order valence-electron chi connectivity index (χ3n) is 5.13. The maximum atomic E-state index is 5.46. The molecule has 0 aliphatic rings. The monoisotopic (exact) mass is 429 g/mol. The second-order valence-corrected chi connectivity index (χ2v) is 6.92. The minimum atomic E-state index is 0. The quantitative estimate of drug-likeness (QED) is 0.413. The van der Waals surface area contributed by atoms with Crippen LogP contribution >= 0.6 is 24.8 Å². The number of rotatable bonds is 12. The van der Waals surface area contributed by atoms with Crippen molar-refractivity contribution >= 4 is 41.4 Å². The molecule has 0 fully saturated rings. The third-order valence-corrected chi connectivity index (χ3v) is 5.13. The number of pyridine rings is 1. The Bertz CT molecular complexity index is 678. The molecule has 0 saturated carbocycles. The topological polar surface area (TPSA) is 37.4 Å². The van der Waals surface area contributed by atoms with E-state index in [-0.39, 0.29) is 24.8 Å². The van der Waals surface area contributed by atoms with Crippen molar-refractivity contribution in [3.05, 3.63) is 30.0 Å². The Hall–Kier alpha value is -1.23. The van der Waals surface area contributed by atoms with Crippen molar-refractivity contribution in [2.75, 3.05) is 38.6 Å². The van der Waals surface area contributed by atoms with Gasteiger partial charge < -0.3 is 15.0 Å². The fourth-order valence-electron chi connectivity index (χ4n) is 3.37. The molecular weight excluding hydrogens is 393 g/mol. The molecule has 0 aliphatic heterocycles. The molecule has 0 saturated heterocycles. The van der Waals surface area contributed by atoms with Gasteiger partial charge in [-0.15, -0.1) is 24.8 Å². The van der Waals surface area contributed by atoms with Crippen LogP contribution < -0.4 is 10.1 Å². The Kier molecular flexibility index (Phi) is 14.1. The van der Waals surface area contributed by atoms with Crippen LogP contribution in [0.5, 0.6) is 5.75 Å². The first-order valence-electron chi connectivity index (χ1n) is 10.1. The van der Waals surface area contributed by atoms with E-state index in [2.05, 4.69) is 48.1 Å². The van der Waals surface area contributed by atoms with E-state index < -0.39 is 0 Å². The molecule has 0 amide bonds. The van der Waals surface area contributed by atoms with E-state index >= 15 is 0 Å². The molecule has 1 aromatic carbocycles. The Morgan fingerprint density at radius 3 is 2.36 bits per heavy atom. The maximum Gasteiger partial charge on any atom is 0.121 e. The normalized spacial score (nSPS) is 10.5. The van der Waals surface area contributed by atoms with E-state index in [4.69, 9.17) is 4.74 Å². The summed E-state index contributed by atoms with van der Waals surface area (Å²) in [7, 11) is 1.72. The van der Waals surface area contributed by atoms with Crippen LogP contribution in [0.1, 0.15) is 51.5 Å². The predicted molar refractivity (Wildman–Crippen MR) is 127 cm³/mol. The number of unbranched alkanes of at least 4 members (excludes halogenated alkanes) is 4. The number of hydrogen-bond donors (Lipinski definition) is 1. The van der Waals surface area contributed by atoms with Crippen LogP contribution in [0.4, 0.5) is 5.69 Å². The molecule has 2 aromatic rings. The Morgan fingerprint density at radius 2 is 1.68 bits per heavy atom. The van der Waals surface area contributed by atoms with Crippen molar-refractivity contribution in [2.24, 2.45) is 0 Å². The van der Waals surface area contributed by atoms with Crippen molar-refractivity contribution in [1.82, 2.24) is 9.88 Å². The summed E-state index contributed by atoms with van der Waals surface area (Å²) >= 11 is 0. The van der Waals surface area contributed by atoms with Gasteiger partial charge in [0, 0.05) is 24.2 Å².